The first-order valence-electron chi connectivity index (χ1n) is 8.13. The summed E-state index contributed by atoms with van der Waals surface area (Å²) in [6.45, 7) is 7.15. The second-order valence-electron chi connectivity index (χ2n) is 6.97. The van der Waals surface area contributed by atoms with E-state index >= 15 is 0 Å². The smallest absolute Gasteiger partial charge is 0.217 e. The van der Waals surface area contributed by atoms with E-state index in [0.717, 1.165) is 19.6 Å². The van der Waals surface area contributed by atoms with Crippen LogP contribution in [-0.4, -0.2) is 29.4 Å². The third-order valence-corrected chi connectivity index (χ3v) is 5.45. The molecule has 2 aliphatic rings. The van der Waals surface area contributed by atoms with Crippen molar-refractivity contribution in [3.05, 3.63) is 35.9 Å². The van der Waals surface area contributed by atoms with Crippen LogP contribution in [0.4, 0.5) is 0 Å². The zero-order chi connectivity index (χ0) is 14.9. The standard InChI is InChI=1S/C18H26N2O/c1-14(21)19-18(2)16-9-6-10-17(18)13-20(12-16)11-15-7-4-3-5-8-15/h3-5,7-8,16-17H,6,9-13H2,1-2H3,(H,19,21)/t16-,17+,18-. The lowest BCUT2D eigenvalue weighted by molar-refractivity contribution is -0.125. The maximum absolute atomic E-state index is 11.6. The van der Waals surface area contributed by atoms with E-state index in [1.807, 2.05) is 0 Å². The van der Waals surface area contributed by atoms with E-state index in [2.05, 4.69) is 47.5 Å². The number of piperidine rings is 1. The van der Waals surface area contributed by atoms with Gasteiger partial charge in [0.2, 0.25) is 5.91 Å². The molecule has 1 aromatic carbocycles. The van der Waals surface area contributed by atoms with Crippen LogP contribution in [-0.2, 0) is 11.3 Å². The lowest BCUT2D eigenvalue weighted by Gasteiger charge is -2.54. The monoisotopic (exact) mass is 286 g/mol. The molecule has 1 amide bonds. The summed E-state index contributed by atoms with van der Waals surface area (Å²) in [5, 5.41) is 3.28. The maximum Gasteiger partial charge on any atom is 0.217 e. The Bertz CT molecular complexity index is 485. The van der Waals surface area contributed by atoms with Gasteiger partial charge in [0.25, 0.3) is 0 Å². The molecule has 1 saturated heterocycles. The highest BCUT2D eigenvalue weighted by Gasteiger charge is 2.48. The van der Waals surface area contributed by atoms with Crippen LogP contribution >= 0.6 is 0 Å². The van der Waals surface area contributed by atoms with Crippen LogP contribution in [0.25, 0.3) is 0 Å². The predicted molar refractivity (Wildman–Crippen MR) is 84.8 cm³/mol. The van der Waals surface area contributed by atoms with Gasteiger partial charge >= 0.3 is 0 Å². The zero-order valence-electron chi connectivity index (χ0n) is 13.1. The molecular formula is C18H26N2O. The van der Waals surface area contributed by atoms with Crippen LogP contribution in [0.15, 0.2) is 30.3 Å². The topological polar surface area (TPSA) is 32.3 Å². The molecule has 3 atom stereocenters. The van der Waals surface area contributed by atoms with Crippen LogP contribution in [0, 0.1) is 11.8 Å². The molecule has 1 aliphatic carbocycles. The van der Waals surface area contributed by atoms with Gasteiger partial charge in [0.05, 0.1) is 0 Å². The molecule has 0 aromatic heterocycles. The van der Waals surface area contributed by atoms with E-state index in [4.69, 9.17) is 0 Å². The first kappa shape index (κ1) is 14.6. The molecule has 0 unspecified atom stereocenters. The minimum absolute atomic E-state index is 0.00271. The average molecular weight is 286 g/mol. The highest BCUT2D eigenvalue weighted by atomic mass is 16.1. The Hall–Kier alpha value is -1.35. The van der Waals surface area contributed by atoms with Crippen molar-refractivity contribution in [1.29, 1.82) is 0 Å². The molecule has 3 rings (SSSR count). The molecule has 1 aliphatic heterocycles. The lowest BCUT2D eigenvalue weighted by Crippen LogP contribution is -2.65. The van der Waals surface area contributed by atoms with Gasteiger partial charge in [-0.1, -0.05) is 36.8 Å². The van der Waals surface area contributed by atoms with Gasteiger partial charge in [0.15, 0.2) is 0 Å². The second kappa shape index (κ2) is 5.80. The number of hydrogen-bond donors (Lipinski definition) is 1. The van der Waals surface area contributed by atoms with Crippen molar-refractivity contribution in [2.45, 2.75) is 45.2 Å². The van der Waals surface area contributed by atoms with Crippen molar-refractivity contribution in [3.8, 4) is 0 Å². The van der Waals surface area contributed by atoms with Gasteiger partial charge in [-0.15, -0.1) is 0 Å². The summed E-state index contributed by atoms with van der Waals surface area (Å²) in [6, 6.07) is 10.7. The first-order chi connectivity index (χ1) is 10.1. The summed E-state index contributed by atoms with van der Waals surface area (Å²) in [7, 11) is 0. The number of carbonyl (C=O) groups is 1. The SMILES string of the molecule is CC(=O)N[C@]1(C)[C@@H]2CCC[C@H]1CN(Cc1ccccc1)C2. The van der Waals surface area contributed by atoms with Crippen LogP contribution in [0.5, 0.6) is 0 Å². The quantitative estimate of drug-likeness (QED) is 0.926. The van der Waals surface area contributed by atoms with E-state index in [0.29, 0.717) is 11.8 Å². The summed E-state index contributed by atoms with van der Waals surface area (Å²) < 4.78 is 0. The third-order valence-electron chi connectivity index (χ3n) is 5.45. The Morgan fingerprint density at radius 1 is 1.24 bits per heavy atom. The van der Waals surface area contributed by atoms with Crippen LogP contribution < -0.4 is 5.32 Å². The zero-order valence-corrected chi connectivity index (χ0v) is 13.1. The Balaban J connectivity index is 1.72. The number of hydrogen-bond acceptors (Lipinski definition) is 2. The fourth-order valence-corrected chi connectivity index (χ4v) is 4.36. The van der Waals surface area contributed by atoms with Crippen molar-refractivity contribution >= 4 is 5.91 Å². The second-order valence-corrected chi connectivity index (χ2v) is 6.97. The van der Waals surface area contributed by atoms with Gasteiger partial charge in [0.1, 0.15) is 0 Å². The number of nitrogens with one attached hydrogen (secondary N) is 1. The molecule has 0 radical (unpaired) electrons. The molecule has 1 aromatic rings. The summed E-state index contributed by atoms with van der Waals surface area (Å²) in [5.74, 6) is 1.28. The Morgan fingerprint density at radius 3 is 2.43 bits per heavy atom. The molecule has 0 spiro atoms. The summed E-state index contributed by atoms with van der Waals surface area (Å²) in [4.78, 5) is 14.2. The van der Waals surface area contributed by atoms with Gasteiger partial charge in [-0.2, -0.15) is 0 Å². The van der Waals surface area contributed by atoms with E-state index in [-0.39, 0.29) is 11.4 Å². The van der Waals surface area contributed by atoms with E-state index in [1.54, 1.807) is 6.92 Å². The molecular weight excluding hydrogens is 260 g/mol. The molecule has 1 heterocycles. The lowest BCUT2D eigenvalue weighted by atomic mass is 9.64. The van der Waals surface area contributed by atoms with Crippen molar-refractivity contribution in [1.82, 2.24) is 10.2 Å². The fourth-order valence-electron chi connectivity index (χ4n) is 4.36. The van der Waals surface area contributed by atoms with Crippen molar-refractivity contribution in [3.63, 3.8) is 0 Å². The largest absolute Gasteiger partial charge is 0.351 e. The first-order valence-corrected chi connectivity index (χ1v) is 8.13. The predicted octanol–water partition coefficient (Wildman–Crippen LogP) is 2.81. The normalized spacial score (nSPS) is 32.7. The number of amides is 1. The van der Waals surface area contributed by atoms with Crippen LogP contribution in [0.3, 0.4) is 0 Å². The van der Waals surface area contributed by atoms with Gasteiger partial charge in [-0.25, -0.2) is 0 Å². The Kier molecular flexibility index (Phi) is 4.03. The fraction of sp³-hybridized carbons (Fsp3) is 0.611. The van der Waals surface area contributed by atoms with Gasteiger partial charge in [-0.3, -0.25) is 9.69 Å². The minimum Gasteiger partial charge on any atom is -0.351 e. The van der Waals surface area contributed by atoms with Crippen molar-refractivity contribution < 1.29 is 4.79 Å². The third kappa shape index (κ3) is 2.98. The Morgan fingerprint density at radius 2 is 1.86 bits per heavy atom. The molecule has 3 nitrogen and oxygen atoms in total. The molecule has 2 bridgehead atoms. The summed E-state index contributed by atoms with van der Waals surface area (Å²) in [5.41, 5.74) is 1.38. The van der Waals surface area contributed by atoms with E-state index < -0.39 is 0 Å². The van der Waals surface area contributed by atoms with E-state index in [9.17, 15) is 4.79 Å². The van der Waals surface area contributed by atoms with Crippen molar-refractivity contribution in [2.24, 2.45) is 11.8 Å². The minimum atomic E-state index is -0.00271. The number of likely N-dealkylation sites (tertiary alicyclic amines) is 1. The molecule has 114 valence electrons. The molecule has 2 fully saturated rings. The van der Waals surface area contributed by atoms with E-state index in [1.165, 1.54) is 24.8 Å². The highest BCUT2D eigenvalue weighted by molar-refractivity contribution is 5.74. The number of nitrogens with zero attached hydrogens (tertiary/aromatic N) is 1. The number of carbonyl (C=O) groups excluding carboxylic acids is 1. The van der Waals surface area contributed by atoms with Gasteiger partial charge in [0, 0.05) is 32.1 Å². The molecule has 3 heteroatoms. The molecule has 1 N–H and O–H groups in total. The van der Waals surface area contributed by atoms with Crippen LogP contribution in [0.2, 0.25) is 0 Å². The van der Waals surface area contributed by atoms with Crippen molar-refractivity contribution in [2.75, 3.05) is 13.1 Å². The van der Waals surface area contributed by atoms with Gasteiger partial charge in [-0.05, 0) is 37.2 Å². The maximum atomic E-state index is 11.6. The summed E-state index contributed by atoms with van der Waals surface area (Å²) in [6.07, 6.45) is 3.78. The molecule has 21 heavy (non-hydrogen) atoms. The highest BCUT2D eigenvalue weighted by Crippen LogP contribution is 2.42. The number of fused-ring (bicyclic) bond motifs is 2. The average Bonchev–Trinajstić information content (AvgIpc) is 2.40. The van der Waals surface area contributed by atoms with Gasteiger partial charge < -0.3 is 5.32 Å². The number of rotatable bonds is 3. The molecule has 1 saturated carbocycles. The number of benzene rings is 1. The van der Waals surface area contributed by atoms with Crippen LogP contribution in [0.1, 0.15) is 38.7 Å². The summed E-state index contributed by atoms with van der Waals surface area (Å²) >= 11 is 0. The Labute approximate surface area is 127 Å².